The molecule has 3 amide bonds. The molecule has 2 atom stereocenters. The minimum Gasteiger partial charge on any atom is -0.385 e. The lowest BCUT2D eigenvalue weighted by atomic mass is 9.82. The first-order valence-electron chi connectivity index (χ1n) is 11.7. The molecule has 0 aromatic heterocycles. The smallest absolute Gasteiger partial charge is 0.255 e. The maximum Gasteiger partial charge on any atom is 0.255 e. The van der Waals surface area contributed by atoms with Crippen LogP contribution in [0.15, 0.2) is 48.5 Å². The summed E-state index contributed by atoms with van der Waals surface area (Å²) in [6.45, 7) is 4.36. The maximum absolute atomic E-state index is 13.1. The van der Waals surface area contributed by atoms with Crippen molar-refractivity contribution < 1.29 is 19.5 Å². The largest absolute Gasteiger partial charge is 0.385 e. The molecule has 0 unspecified atom stereocenters. The highest BCUT2D eigenvalue weighted by Crippen LogP contribution is 2.40. The Morgan fingerprint density at radius 2 is 1.79 bits per heavy atom. The number of benzene rings is 2. The molecule has 2 N–H and O–H groups in total. The highest BCUT2D eigenvalue weighted by molar-refractivity contribution is 6.05. The zero-order chi connectivity index (χ0) is 23.2. The van der Waals surface area contributed by atoms with Gasteiger partial charge in [0.2, 0.25) is 11.8 Å². The lowest BCUT2D eigenvalue weighted by molar-refractivity contribution is -0.137. The number of fused-ring (bicyclic) bond motifs is 1. The molecule has 0 radical (unpaired) electrons. The summed E-state index contributed by atoms with van der Waals surface area (Å²) in [5.74, 6) is -0.900. The van der Waals surface area contributed by atoms with Gasteiger partial charge in [0.1, 0.15) is 6.04 Å². The Morgan fingerprint density at radius 3 is 2.48 bits per heavy atom. The minimum atomic E-state index is -0.937. The molecule has 2 fully saturated rings. The standard InChI is InChI=1S/C26H29N3O4/c1-17-21-15-19(26(33)11-13-28(14-12-26)16-18-5-3-2-4-6-18)7-8-20(21)25(32)29(17)22-9-10-23(30)27-24(22)31/h2-8,15,17,22,33H,9-14,16H2,1H3,(H,27,30,31)/t17-,22+/m1/s1. The number of hydrogen-bond acceptors (Lipinski definition) is 5. The van der Waals surface area contributed by atoms with E-state index >= 15 is 0 Å². The second kappa shape index (κ2) is 8.39. The molecular formula is C26H29N3O4. The molecule has 0 aliphatic carbocycles. The maximum atomic E-state index is 13.1. The predicted molar refractivity (Wildman–Crippen MR) is 122 cm³/mol. The molecule has 33 heavy (non-hydrogen) atoms. The second-order valence-electron chi connectivity index (χ2n) is 9.45. The second-order valence-corrected chi connectivity index (χ2v) is 9.45. The van der Waals surface area contributed by atoms with E-state index in [1.807, 2.05) is 37.3 Å². The quantitative estimate of drug-likeness (QED) is 0.703. The number of nitrogens with one attached hydrogen (secondary N) is 1. The highest BCUT2D eigenvalue weighted by atomic mass is 16.3. The van der Waals surface area contributed by atoms with Gasteiger partial charge in [-0.1, -0.05) is 42.5 Å². The van der Waals surface area contributed by atoms with E-state index in [4.69, 9.17) is 0 Å². The van der Waals surface area contributed by atoms with E-state index in [-0.39, 0.29) is 24.3 Å². The third-order valence-corrected chi connectivity index (χ3v) is 7.40. The highest BCUT2D eigenvalue weighted by Gasteiger charge is 2.44. The SMILES string of the molecule is C[C@@H]1c2cc(C3(O)CCN(Cc4ccccc4)CC3)ccc2C(=O)N1[C@H]1CCC(=O)NC1=O. The zero-order valence-corrected chi connectivity index (χ0v) is 18.8. The van der Waals surface area contributed by atoms with Crippen LogP contribution in [0, 0.1) is 0 Å². The van der Waals surface area contributed by atoms with Crippen LogP contribution in [0.3, 0.4) is 0 Å². The Kier molecular flexibility index (Phi) is 5.54. The molecule has 0 saturated carbocycles. The molecule has 2 aromatic carbocycles. The summed E-state index contributed by atoms with van der Waals surface area (Å²) < 4.78 is 0. The number of nitrogens with zero attached hydrogens (tertiary/aromatic N) is 2. The van der Waals surface area contributed by atoms with E-state index in [1.54, 1.807) is 11.0 Å². The van der Waals surface area contributed by atoms with Crippen LogP contribution in [-0.2, 0) is 21.7 Å². The van der Waals surface area contributed by atoms with Crippen molar-refractivity contribution in [1.29, 1.82) is 0 Å². The summed E-state index contributed by atoms with van der Waals surface area (Å²) in [6.07, 6.45) is 1.81. The van der Waals surface area contributed by atoms with Gasteiger partial charge in [0.05, 0.1) is 11.6 Å². The van der Waals surface area contributed by atoms with Gasteiger partial charge in [0, 0.05) is 31.6 Å². The first-order valence-corrected chi connectivity index (χ1v) is 11.7. The van der Waals surface area contributed by atoms with Crippen LogP contribution in [0.4, 0.5) is 0 Å². The fourth-order valence-corrected chi connectivity index (χ4v) is 5.43. The van der Waals surface area contributed by atoms with E-state index in [0.717, 1.165) is 30.8 Å². The molecule has 0 spiro atoms. The summed E-state index contributed by atoms with van der Waals surface area (Å²) in [7, 11) is 0. The van der Waals surface area contributed by atoms with E-state index in [9.17, 15) is 19.5 Å². The van der Waals surface area contributed by atoms with E-state index in [2.05, 4.69) is 22.3 Å². The molecule has 2 saturated heterocycles. The van der Waals surface area contributed by atoms with Gasteiger partial charge >= 0.3 is 0 Å². The normalized spacial score (nSPS) is 25.2. The van der Waals surface area contributed by atoms with Crippen molar-refractivity contribution >= 4 is 17.7 Å². The van der Waals surface area contributed by atoms with E-state index < -0.39 is 17.6 Å². The van der Waals surface area contributed by atoms with Gasteiger partial charge in [0.25, 0.3) is 5.91 Å². The van der Waals surface area contributed by atoms with Gasteiger partial charge < -0.3 is 10.0 Å². The van der Waals surface area contributed by atoms with Crippen LogP contribution in [0.5, 0.6) is 0 Å². The molecular weight excluding hydrogens is 418 g/mol. The third-order valence-electron chi connectivity index (χ3n) is 7.40. The van der Waals surface area contributed by atoms with Crippen LogP contribution < -0.4 is 5.32 Å². The number of carbonyl (C=O) groups excluding carboxylic acids is 3. The van der Waals surface area contributed by atoms with Gasteiger partial charge in [-0.2, -0.15) is 0 Å². The molecule has 7 heteroatoms. The number of hydrogen-bond donors (Lipinski definition) is 2. The molecule has 172 valence electrons. The van der Waals surface area contributed by atoms with Gasteiger partial charge in [-0.25, -0.2) is 0 Å². The summed E-state index contributed by atoms with van der Waals surface area (Å²) in [4.78, 5) is 41.0. The molecule has 0 bridgehead atoms. The topological polar surface area (TPSA) is 89.9 Å². The summed E-state index contributed by atoms with van der Waals surface area (Å²) in [6, 6.07) is 15.0. The number of imide groups is 1. The van der Waals surface area contributed by atoms with Crippen LogP contribution in [0.25, 0.3) is 0 Å². The number of carbonyl (C=O) groups is 3. The Morgan fingerprint density at radius 1 is 1.06 bits per heavy atom. The van der Waals surface area contributed by atoms with Crippen molar-refractivity contribution in [2.24, 2.45) is 0 Å². The van der Waals surface area contributed by atoms with Crippen molar-refractivity contribution in [2.45, 2.75) is 56.8 Å². The van der Waals surface area contributed by atoms with Crippen LogP contribution in [0.1, 0.15) is 65.7 Å². The Balaban J connectivity index is 1.32. The summed E-state index contributed by atoms with van der Waals surface area (Å²) in [5.41, 5.74) is 2.56. The third kappa shape index (κ3) is 3.96. The monoisotopic (exact) mass is 447 g/mol. The Hall–Kier alpha value is -3.03. The molecule has 3 heterocycles. The van der Waals surface area contributed by atoms with Crippen LogP contribution >= 0.6 is 0 Å². The average molecular weight is 448 g/mol. The Labute approximate surface area is 193 Å². The molecule has 3 aliphatic rings. The lowest BCUT2D eigenvalue weighted by Crippen LogP contribution is -2.53. The van der Waals surface area contributed by atoms with Crippen molar-refractivity contribution in [3.8, 4) is 0 Å². The van der Waals surface area contributed by atoms with E-state index in [1.165, 1.54) is 5.56 Å². The molecule has 7 nitrogen and oxygen atoms in total. The number of amides is 3. The van der Waals surface area contributed by atoms with Crippen molar-refractivity contribution in [1.82, 2.24) is 15.1 Å². The summed E-state index contributed by atoms with van der Waals surface area (Å²) >= 11 is 0. The van der Waals surface area contributed by atoms with Gasteiger partial charge in [-0.3, -0.25) is 24.6 Å². The van der Waals surface area contributed by atoms with Gasteiger partial charge in [-0.05, 0) is 48.9 Å². The summed E-state index contributed by atoms with van der Waals surface area (Å²) in [5, 5.41) is 13.8. The first-order chi connectivity index (χ1) is 15.9. The first kappa shape index (κ1) is 21.8. The van der Waals surface area contributed by atoms with Crippen LogP contribution in [0.2, 0.25) is 0 Å². The predicted octanol–water partition coefficient (Wildman–Crippen LogP) is 2.49. The van der Waals surface area contributed by atoms with Gasteiger partial charge in [-0.15, -0.1) is 0 Å². The molecule has 5 rings (SSSR count). The average Bonchev–Trinajstić information content (AvgIpc) is 3.06. The molecule has 3 aliphatic heterocycles. The van der Waals surface area contributed by atoms with E-state index in [0.29, 0.717) is 24.8 Å². The number of piperidine rings is 2. The number of aliphatic hydroxyl groups is 1. The zero-order valence-electron chi connectivity index (χ0n) is 18.8. The fraction of sp³-hybridized carbons (Fsp3) is 0.423. The number of rotatable bonds is 4. The van der Waals surface area contributed by atoms with Crippen molar-refractivity contribution in [2.75, 3.05) is 13.1 Å². The minimum absolute atomic E-state index is 0.191. The Bertz CT molecular complexity index is 1090. The van der Waals surface area contributed by atoms with Crippen molar-refractivity contribution in [3.05, 3.63) is 70.8 Å². The van der Waals surface area contributed by atoms with Gasteiger partial charge in [0.15, 0.2) is 0 Å². The van der Waals surface area contributed by atoms with Crippen LogP contribution in [-0.4, -0.2) is 51.8 Å². The lowest BCUT2D eigenvalue weighted by Gasteiger charge is -2.39. The fourth-order valence-electron chi connectivity index (χ4n) is 5.43. The molecule has 2 aromatic rings. The number of likely N-dealkylation sites (tertiary alicyclic amines) is 1. The van der Waals surface area contributed by atoms with Crippen molar-refractivity contribution in [3.63, 3.8) is 0 Å².